The zero-order valence-electron chi connectivity index (χ0n) is 9.08. The predicted molar refractivity (Wildman–Crippen MR) is 65.0 cm³/mol. The minimum atomic E-state index is -3.13. The number of hydrogen-bond acceptors (Lipinski definition) is 3. The van der Waals surface area contributed by atoms with Crippen molar-refractivity contribution in [3.63, 3.8) is 0 Å². The molecule has 0 aliphatic carbocycles. The summed E-state index contributed by atoms with van der Waals surface area (Å²) in [5, 5.41) is 0. The lowest BCUT2D eigenvalue weighted by atomic mass is 10.1. The summed E-state index contributed by atoms with van der Waals surface area (Å²) in [7, 11) is -3.13. The van der Waals surface area contributed by atoms with E-state index in [1.54, 1.807) is 16.8 Å². The van der Waals surface area contributed by atoms with E-state index in [1.165, 1.54) is 0 Å². The first-order valence-corrected chi connectivity index (χ1v) is 7.03. The van der Waals surface area contributed by atoms with Crippen LogP contribution >= 0.6 is 0 Å². The Hall–Kier alpha value is -1.75. The van der Waals surface area contributed by atoms with Gasteiger partial charge in [0.1, 0.15) is 0 Å². The average Bonchev–Trinajstić information content (AvgIpc) is 2.88. The summed E-state index contributed by atoms with van der Waals surface area (Å²) in [4.78, 5) is 0.449. The zero-order chi connectivity index (χ0) is 11.9. The Morgan fingerprint density at radius 3 is 2.59 bits per heavy atom. The lowest BCUT2D eigenvalue weighted by Gasteiger charge is -2.14. The maximum absolute atomic E-state index is 11.9. The van der Waals surface area contributed by atoms with Crippen molar-refractivity contribution in [2.24, 2.45) is 0 Å². The van der Waals surface area contributed by atoms with E-state index in [2.05, 4.69) is 5.43 Å². The lowest BCUT2D eigenvalue weighted by Crippen LogP contribution is -2.20. The summed E-state index contributed by atoms with van der Waals surface area (Å²) in [6.07, 6.45) is 3.71. The first-order chi connectivity index (χ1) is 8.17. The number of benzene rings is 1. The van der Waals surface area contributed by atoms with Gasteiger partial charge in [0.2, 0.25) is 0 Å². The molecule has 1 aromatic heterocycles. The van der Waals surface area contributed by atoms with Crippen molar-refractivity contribution >= 4 is 9.84 Å². The average molecular weight is 248 g/mol. The molecule has 2 heterocycles. The molecule has 1 N–H and O–H groups in total. The number of fused-ring (bicyclic) bond motifs is 1. The Labute approximate surface area is 99.8 Å². The van der Waals surface area contributed by atoms with E-state index in [0.717, 1.165) is 5.56 Å². The van der Waals surface area contributed by atoms with Gasteiger partial charge in [-0.15, -0.1) is 0 Å². The number of hydrogen-bond donors (Lipinski definition) is 1. The smallest absolute Gasteiger partial charge is 0.181 e. The molecule has 2 aromatic rings. The molecular formula is C12H12N2O2S. The minimum absolute atomic E-state index is 0.116. The van der Waals surface area contributed by atoms with E-state index < -0.39 is 9.84 Å². The van der Waals surface area contributed by atoms with Gasteiger partial charge in [0.25, 0.3) is 0 Å². The molecule has 1 aromatic carbocycles. The van der Waals surface area contributed by atoms with Gasteiger partial charge in [-0.2, -0.15) is 0 Å². The summed E-state index contributed by atoms with van der Waals surface area (Å²) in [5.74, 6) is 0.116. The molecule has 0 saturated heterocycles. The second-order valence-corrected chi connectivity index (χ2v) is 6.09. The molecule has 1 unspecified atom stereocenters. The molecular weight excluding hydrogens is 236 g/mol. The molecule has 0 bridgehead atoms. The standard InChI is InChI=1S/C12H12N2O2S/c15-17(16)9-11(13-14-7-3-4-8-14)10-5-1-2-6-12(10)17/h1-8,11,13H,9H2. The van der Waals surface area contributed by atoms with Crippen molar-refractivity contribution in [2.45, 2.75) is 10.9 Å². The van der Waals surface area contributed by atoms with Gasteiger partial charge >= 0.3 is 0 Å². The topological polar surface area (TPSA) is 51.1 Å². The van der Waals surface area contributed by atoms with Crippen molar-refractivity contribution in [1.82, 2.24) is 4.68 Å². The molecule has 5 heteroatoms. The first-order valence-electron chi connectivity index (χ1n) is 5.38. The summed E-state index contributed by atoms with van der Waals surface area (Å²) in [5.41, 5.74) is 4.02. The van der Waals surface area contributed by atoms with E-state index in [-0.39, 0.29) is 11.8 Å². The fourth-order valence-electron chi connectivity index (χ4n) is 2.16. The van der Waals surface area contributed by atoms with Crippen LogP contribution in [0.15, 0.2) is 53.7 Å². The van der Waals surface area contributed by atoms with E-state index in [0.29, 0.717) is 4.90 Å². The van der Waals surface area contributed by atoms with Gasteiger partial charge in [0.15, 0.2) is 9.84 Å². The van der Waals surface area contributed by atoms with Crippen LogP contribution in [0, 0.1) is 0 Å². The predicted octanol–water partition coefficient (Wildman–Crippen LogP) is 1.56. The number of nitrogens with zero attached hydrogens (tertiary/aromatic N) is 1. The van der Waals surface area contributed by atoms with Gasteiger partial charge in [-0.1, -0.05) is 18.2 Å². The Balaban J connectivity index is 2.00. The number of nitrogens with one attached hydrogen (secondary N) is 1. The highest BCUT2D eigenvalue weighted by Crippen LogP contribution is 2.33. The fraction of sp³-hybridized carbons (Fsp3) is 0.167. The van der Waals surface area contributed by atoms with Crippen molar-refractivity contribution < 1.29 is 8.42 Å². The van der Waals surface area contributed by atoms with Crippen LogP contribution < -0.4 is 5.43 Å². The highest BCUT2D eigenvalue weighted by molar-refractivity contribution is 7.91. The van der Waals surface area contributed by atoms with Crippen LogP contribution in [0.25, 0.3) is 0 Å². The largest absolute Gasteiger partial charge is 0.318 e. The molecule has 0 fully saturated rings. The second kappa shape index (κ2) is 3.63. The van der Waals surface area contributed by atoms with E-state index in [4.69, 9.17) is 0 Å². The normalized spacial score (nSPS) is 21.1. The van der Waals surface area contributed by atoms with Crippen molar-refractivity contribution in [1.29, 1.82) is 0 Å². The molecule has 1 atom stereocenters. The summed E-state index contributed by atoms with van der Waals surface area (Å²) < 4.78 is 25.7. The number of rotatable bonds is 2. The summed E-state index contributed by atoms with van der Waals surface area (Å²) >= 11 is 0. The minimum Gasteiger partial charge on any atom is -0.318 e. The van der Waals surface area contributed by atoms with E-state index in [1.807, 2.05) is 36.7 Å². The molecule has 1 aliphatic rings. The first kappa shape index (κ1) is 10.4. The zero-order valence-corrected chi connectivity index (χ0v) is 9.89. The van der Waals surface area contributed by atoms with E-state index in [9.17, 15) is 8.42 Å². The summed E-state index contributed by atoms with van der Waals surface area (Å²) in [6.45, 7) is 0. The van der Waals surface area contributed by atoms with Gasteiger partial charge in [-0.05, 0) is 23.8 Å². The van der Waals surface area contributed by atoms with Gasteiger partial charge in [-0.25, -0.2) is 8.42 Å². The second-order valence-electron chi connectivity index (χ2n) is 4.09. The molecule has 17 heavy (non-hydrogen) atoms. The van der Waals surface area contributed by atoms with Crippen molar-refractivity contribution in [2.75, 3.05) is 11.2 Å². The highest BCUT2D eigenvalue weighted by Gasteiger charge is 2.34. The van der Waals surface area contributed by atoms with Crippen molar-refractivity contribution in [3.8, 4) is 0 Å². The quantitative estimate of drug-likeness (QED) is 0.877. The maximum atomic E-state index is 11.9. The summed E-state index contributed by atoms with van der Waals surface area (Å²) in [6, 6.07) is 10.8. The van der Waals surface area contributed by atoms with Crippen LogP contribution in [0.2, 0.25) is 0 Å². The molecule has 1 aliphatic heterocycles. The molecule has 0 spiro atoms. The molecule has 0 amide bonds. The molecule has 3 rings (SSSR count). The molecule has 0 saturated carbocycles. The van der Waals surface area contributed by atoms with Crippen LogP contribution in [0.3, 0.4) is 0 Å². The SMILES string of the molecule is O=S1(=O)CC(Nn2cccc2)c2ccccc21. The van der Waals surface area contributed by atoms with Gasteiger partial charge < -0.3 is 5.43 Å². The Bertz CT molecular complexity index is 632. The van der Waals surface area contributed by atoms with Crippen LogP contribution in [-0.4, -0.2) is 18.8 Å². The third-order valence-electron chi connectivity index (χ3n) is 2.92. The van der Waals surface area contributed by atoms with Crippen LogP contribution in [0.5, 0.6) is 0 Å². The lowest BCUT2D eigenvalue weighted by molar-refractivity contribution is 0.597. The maximum Gasteiger partial charge on any atom is 0.181 e. The van der Waals surface area contributed by atoms with Gasteiger partial charge in [-0.3, -0.25) is 4.68 Å². The van der Waals surface area contributed by atoms with Crippen LogP contribution in [0.1, 0.15) is 11.6 Å². The third-order valence-corrected chi connectivity index (χ3v) is 4.74. The van der Waals surface area contributed by atoms with E-state index >= 15 is 0 Å². The third kappa shape index (κ3) is 1.72. The fourth-order valence-corrected chi connectivity index (χ4v) is 3.89. The van der Waals surface area contributed by atoms with Crippen LogP contribution in [0.4, 0.5) is 0 Å². The number of sulfone groups is 1. The highest BCUT2D eigenvalue weighted by atomic mass is 32.2. The Morgan fingerprint density at radius 2 is 1.82 bits per heavy atom. The molecule has 4 nitrogen and oxygen atoms in total. The molecule has 0 radical (unpaired) electrons. The monoisotopic (exact) mass is 248 g/mol. The van der Waals surface area contributed by atoms with Crippen LogP contribution in [-0.2, 0) is 9.84 Å². The molecule has 88 valence electrons. The Morgan fingerprint density at radius 1 is 1.12 bits per heavy atom. The number of aromatic nitrogens is 1. The van der Waals surface area contributed by atoms with Gasteiger partial charge in [0.05, 0.1) is 16.7 Å². The van der Waals surface area contributed by atoms with Gasteiger partial charge in [0, 0.05) is 12.4 Å². The van der Waals surface area contributed by atoms with Crippen molar-refractivity contribution in [3.05, 3.63) is 54.4 Å². The Kier molecular flexibility index (Phi) is 2.22.